The quantitative estimate of drug-likeness (QED) is 0.858. The SMILES string of the molecule is CC1(C)CCC(OC(=O)c2ccc(CCN)cc2)CC1. The number of esters is 1. The van der Waals surface area contributed by atoms with E-state index in [1.165, 1.54) is 0 Å². The Morgan fingerprint density at radius 1 is 1.25 bits per heavy atom. The average molecular weight is 275 g/mol. The van der Waals surface area contributed by atoms with Crippen molar-refractivity contribution in [1.29, 1.82) is 0 Å². The summed E-state index contributed by atoms with van der Waals surface area (Å²) in [5.41, 5.74) is 7.70. The number of rotatable bonds is 4. The fourth-order valence-electron chi connectivity index (χ4n) is 2.68. The van der Waals surface area contributed by atoms with E-state index in [-0.39, 0.29) is 12.1 Å². The average Bonchev–Trinajstić information content (AvgIpc) is 2.42. The molecule has 1 aliphatic carbocycles. The van der Waals surface area contributed by atoms with Crippen LogP contribution in [0.3, 0.4) is 0 Å². The van der Waals surface area contributed by atoms with E-state index < -0.39 is 0 Å². The molecule has 1 saturated carbocycles. The van der Waals surface area contributed by atoms with E-state index in [1.54, 1.807) is 0 Å². The van der Waals surface area contributed by atoms with Crippen molar-refractivity contribution < 1.29 is 9.53 Å². The molecule has 1 aromatic rings. The fraction of sp³-hybridized carbons (Fsp3) is 0.588. The molecule has 0 saturated heterocycles. The second-order valence-electron chi connectivity index (χ2n) is 6.50. The lowest BCUT2D eigenvalue weighted by Crippen LogP contribution is -2.28. The van der Waals surface area contributed by atoms with Gasteiger partial charge in [-0.05, 0) is 61.8 Å². The molecule has 0 aliphatic heterocycles. The first-order valence-corrected chi connectivity index (χ1v) is 7.50. The minimum atomic E-state index is -0.200. The summed E-state index contributed by atoms with van der Waals surface area (Å²) in [6.07, 6.45) is 5.13. The van der Waals surface area contributed by atoms with Gasteiger partial charge >= 0.3 is 5.97 Å². The van der Waals surface area contributed by atoms with Gasteiger partial charge in [-0.1, -0.05) is 26.0 Å². The van der Waals surface area contributed by atoms with Crippen LogP contribution in [0, 0.1) is 5.41 Å². The molecule has 2 rings (SSSR count). The molecular weight excluding hydrogens is 250 g/mol. The lowest BCUT2D eigenvalue weighted by atomic mass is 9.76. The van der Waals surface area contributed by atoms with E-state index in [9.17, 15) is 4.79 Å². The molecule has 0 spiro atoms. The minimum Gasteiger partial charge on any atom is -0.459 e. The van der Waals surface area contributed by atoms with E-state index in [4.69, 9.17) is 10.5 Å². The van der Waals surface area contributed by atoms with Crippen LogP contribution in [0.1, 0.15) is 55.5 Å². The molecule has 110 valence electrons. The summed E-state index contributed by atoms with van der Waals surface area (Å²) in [5, 5.41) is 0. The maximum Gasteiger partial charge on any atom is 0.338 e. The van der Waals surface area contributed by atoms with Crippen molar-refractivity contribution >= 4 is 5.97 Å². The van der Waals surface area contributed by atoms with Gasteiger partial charge in [-0.25, -0.2) is 4.79 Å². The van der Waals surface area contributed by atoms with E-state index >= 15 is 0 Å². The molecule has 20 heavy (non-hydrogen) atoms. The summed E-state index contributed by atoms with van der Waals surface area (Å²) in [7, 11) is 0. The summed E-state index contributed by atoms with van der Waals surface area (Å²) in [6, 6.07) is 7.57. The third-order valence-electron chi connectivity index (χ3n) is 4.18. The third-order valence-corrected chi connectivity index (χ3v) is 4.18. The maximum absolute atomic E-state index is 12.1. The van der Waals surface area contributed by atoms with Gasteiger partial charge in [0.2, 0.25) is 0 Å². The van der Waals surface area contributed by atoms with Crippen LogP contribution in [0.2, 0.25) is 0 Å². The highest BCUT2D eigenvalue weighted by molar-refractivity contribution is 5.89. The largest absolute Gasteiger partial charge is 0.459 e. The van der Waals surface area contributed by atoms with Crippen LogP contribution in [0.5, 0.6) is 0 Å². The number of carbonyl (C=O) groups is 1. The second-order valence-corrected chi connectivity index (χ2v) is 6.50. The zero-order valence-corrected chi connectivity index (χ0v) is 12.5. The minimum absolute atomic E-state index is 0.0826. The maximum atomic E-state index is 12.1. The smallest absolute Gasteiger partial charge is 0.338 e. The van der Waals surface area contributed by atoms with Crippen molar-refractivity contribution in [3.05, 3.63) is 35.4 Å². The molecule has 0 atom stereocenters. The topological polar surface area (TPSA) is 52.3 Å². The summed E-state index contributed by atoms with van der Waals surface area (Å²) < 4.78 is 5.61. The molecular formula is C17H25NO2. The number of benzene rings is 1. The highest BCUT2D eigenvalue weighted by atomic mass is 16.5. The summed E-state index contributed by atoms with van der Waals surface area (Å²) in [6.45, 7) is 5.18. The number of hydrogen-bond donors (Lipinski definition) is 1. The van der Waals surface area contributed by atoms with Crippen molar-refractivity contribution in [2.75, 3.05) is 6.54 Å². The third kappa shape index (κ3) is 4.07. The first-order valence-electron chi connectivity index (χ1n) is 7.50. The first kappa shape index (κ1) is 15.0. The van der Waals surface area contributed by atoms with Crippen molar-refractivity contribution in [3.8, 4) is 0 Å². The summed E-state index contributed by atoms with van der Waals surface area (Å²) in [4.78, 5) is 12.1. The molecule has 2 N–H and O–H groups in total. The van der Waals surface area contributed by atoms with Crippen LogP contribution in [0.4, 0.5) is 0 Å². The van der Waals surface area contributed by atoms with Gasteiger partial charge in [0.05, 0.1) is 5.56 Å². The normalized spacial score (nSPS) is 18.8. The van der Waals surface area contributed by atoms with E-state index in [0.29, 0.717) is 17.5 Å². The van der Waals surface area contributed by atoms with Crippen LogP contribution in [-0.4, -0.2) is 18.6 Å². The molecule has 1 aliphatic rings. The molecule has 0 aromatic heterocycles. The Morgan fingerprint density at radius 2 is 1.85 bits per heavy atom. The van der Waals surface area contributed by atoms with Gasteiger partial charge < -0.3 is 10.5 Å². The molecule has 1 fully saturated rings. The van der Waals surface area contributed by atoms with Crippen LogP contribution < -0.4 is 5.73 Å². The predicted molar refractivity (Wildman–Crippen MR) is 80.7 cm³/mol. The fourth-order valence-corrected chi connectivity index (χ4v) is 2.68. The molecule has 0 bridgehead atoms. The van der Waals surface area contributed by atoms with Crippen molar-refractivity contribution in [2.45, 2.75) is 52.1 Å². The van der Waals surface area contributed by atoms with Crippen LogP contribution in [0.25, 0.3) is 0 Å². The van der Waals surface area contributed by atoms with Gasteiger partial charge in [0.1, 0.15) is 6.10 Å². The van der Waals surface area contributed by atoms with Gasteiger partial charge in [-0.15, -0.1) is 0 Å². The van der Waals surface area contributed by atoms with Crippen molar-refractivity contribution in [2.24, 2.45) is 11.1 Å². The van der Waals surface area contributed by atoms with Crippen molar-refractivity contribution in [1.82, 2.24) is 0 Å². The molecule has 3 heteroatoms. The van der Waals surface area contributed by atoms with Crippen LogP contribution >= 0.6 is 0 Å². The molecule has 0 heterocycles. The number of carbonyl (C=O) groups excluding carboxylic acids is 1. The van der Waals surface area contributed by atoms with E-state index in [1.807, 2.05) is 24.3 Å². The highest BCUT2D eigenvalue weighted by Gasteiger charge is 2.28. The van der Waals surface area contributed by atoms with Crippen LogP contribution in [0.15, 0.2) is 24.3 Å². The first-order chi connectivity index (χ1) is 9.50. The Bertz CT molecular complexity index is 441. The molecule has 1 aromatic carbocycles. The molecule has 0 unspecified atom stereocenters. The van der Waals surface area contributed by atoms with Gasteiger partial charge in [0, 0.05) is 0 Å². The van der Waals surface area contributed by atoms with Gasteiger partial charge in [-0.3, -0.25) is 0 Å². The van der Waals surface area contributed by atoms with Crippen molar-refractivity contribution in [3.63, 3.8) is 0 Å². The molecule has 0 amide bonds. The number of nitrogens with two attached hydrogens (primary N) is 1. The highest BCUT2D eigenvalue weighted by Crippen LogP contribution is 2.36. The number of hydrogen-bond acceptors (Lipinski definition) is 3. The molecule has 0 radical (unpaired) electrons. The van der Waals surface area contributed by atoms with Gasteiger partial charge in [0.15, 0.2) is 0 Å². The lowest BCUT2D eigenvalue weighted by molar-refractivity contribution is 0.00951. The Balaban J connectivity index is 1.88. The lowest BCUT2D eigenvalue weighted by Gasteiger charge is -2.33. The Morgan fingerprint density at radius 3 is 2.40 bits per heavy atom. The van der Waals surface area contributed by atoms with Gasteiger partial charge in [-0.2, -0.15) is 0 Å². The Labute approximate surface area is 121 Å². The summed E-state index contributed by atoms with van der Waals surface area (Å²) in [5.74, 6) is -0.200. The zero-order valence-electron chi connectivity index (χ0n) is 12.5. The van der Waals surface area contributed by atoms with Gasteiger partial charge in [0.25, 0.3) is 0 Å². The predicted octanol–water partition coefficient (Wildman–Crippen LogP) is 3.31. The van der Waals surface area contributed by atoms with Crippen LogP contribution in [-0.2, 0) is 11.2 Å². The standard InChI is InChI=1S/C17H25NO2/c1-17(2)10-7-15(8-11-17)20-16(19)14-5-3-13(4-6-14)9-12-18/h3-6,15H,7-12,18H2,1-2H3. The zero-order chi connectivity index (χ0) is 14.6. The number of ether oxygens (including phenoxy) is 1. The Kier molecular flexibility index (Phi) is 4.81. The Hall–Kier alpha value is -1.35. The second kappa shape index (κ2) is 6.40. The monoisotopic (exact) mass is 275 g/mol. The van der Waals surface area contributed by atoms with E-state index in [2.05, 4.69) is 13.8 Å². The molecule has 3 nitrogen and oxygen atoms in total. The van der Waals surface area contributed by atoms with E-state index in [0.717, 1.165) is 37.7 Å². The summed E-state index contributed by atoms with van der Waals surface area (Å²) >= 11 is 0.